The fourth-order valence-corrected chi connectivity index (χ4v) is 4.98. The van der Waals surface area contributed by atoms with Crippen LogP contribution in [0.25, 0.3) is 0 Å². The van der Waals surface area contributed by atoms with Crippen molar-refractivity contribution in [3.8, 4) is 0 Å². The van der Waals surface area contributed by atoms with Gasteiger partial charge in [-0.2, -0.15) is 0 Å². The Balaban J connectivity index is 1.97. The average molecular weight is 462 g/mol. The summed E-state index contributed by atoms with van der Waals surface area (Å²) in [6.45, 7) is 10.9. The van der Waals surface area contributed by atoms with Crippen LogP contribution in [0.2, 0.25) is 5.02 Å². The fraction of sp³-hybridized carbons (Fsp3) is 0.435. The third-order valence-corrected chi connectivity index (χ3v) is 6.94. The van der Waals surface area contributed by atoms with Crippen molar-refractivity contribution in [2.24, 2.45) is 0 Å². The van der Waals surface area contributed by atoms with E-state index in [2.05, 4.69) is 23.7 Å². The van der Waals surface area contributed by atoms with Crippen LogP contribution in [0, 0.1) is 13.8 Å². The zero-order valence-corrected chi connectivity index (χ0v) is 19.9. The number of hydrogen-bond donors (Lipinski definition) is 1. The molecule has 0 spiro atoms. The van der Waals surface area contributed by atoms with Crippen molar-refractivity contribution < 1.29 is 14.7 Å². The van der Waals surface area contributed by atoms with E-state index in [0.29, 0.717) is 22.1 Å². The minimum absolute atomic E-state index is 0.113. The maximum atomic E-state index is 13.4. The number of aliphatic hydroxyl groups excluding tert-OH is 1. The van der Waals surface area contributed by atoms with Gasteiger partial charge in [0, 0.05) is 11.6 Å². The number of hydrogen-bond acceptors (Lipinski definition) is 6. The number of benzene rings is 1. The van der Waals surface area contributed by atoms with Crippen molar-refractivity contribution in [1.29, 1.82) is 0 Å². The van der Waals surface area contributed by atoms with Crippen molar-refractivity contribution >= 4 is 34.6 Å². The number of carbonyl (C=O) groups excluding carboxylic acids is 2. The molecule has 0 saturated carbocycles. The predicted molar refractivity (Wildman–Crippen MR) is 124 cm³/mol. The molecule has 1 aromatic carbocycles. The fourth-order valence-electron chi connectivity index (χ4n) is 3.98. The van der Waals surface area contributed by atoms with Gasteiger partial charge in [0.2, 0.25) is 5.78 Å². The number of aryl methyl sites for hydroxylation is 2. The van der Waals surface area contributed by atoms with Crippen molar-refractivity contribution in [2.75, 3.05) is 26.2 Å². The van der Waals surface area contributed by atoms with Crippen LogP contribution in [0.15, 0.2) is 35.6 Å². The normalized spacial score (nSPS) is 16.6. The molecule has 0 aliphatic carbocycles. The Hall–Kier alpha value is -2.22. The van der Waals surface area contributed by atoms with Gasteiger partial charge in [-0.15, -0.1) is 11.3 Å². The summed E-state index contributed by atoms with van der Waals surface area (Å²) in [6, 6.07) is 6.41. The highest BCUT2D eigenvalue weighted by atomic mass is 35.5. The molecule has 1 aliphatic heterocycles. The van der Waals surface area contributed by atoms with Crippen molar-refractivity contribution in [2.45, 2.75) is 40.2 Å². The number of Topliss-reactive ketones (excluding diaryl/α,β-unsaturated/α-hetero) is 1. The molecule has 0 fully saturated rings. The Bertz CT molecular complexity index is 996. The first-order valence-corrected chi connectivity index (χ1v) is 11.7. The van der Waals surface area contributed by atoms with Crippen LogP contribution < -0.4 is 0 Å². The number of carbonyl (C=O) groups is 2. The minimum atomic E-state index is -0.657. The van der Waals surface area contributed by atoms with E-state index in [4.69, 9.17) is 11.6 Å². The van der Waals surface area contributed by atoms with Crippen molar-refractivity contribution in [1.82, 2.24) is 14.8 Å². The lowest BCUT2D eigenvalue weighted by atomic mass is 9.95. The van der Waals surface area contributed by atoms with E-state index in [0.717, 1.165) is 36.6 Å². The first-order valence-electron chi connectivity index (χ1n) is 10.5. The minimum Gasteiger partial charge on any atom is -0.503 e. The molecule has 2 aromatic rings. The van der Waals surface area contributed by atoms with Crippen LogP contribution in [0.5, 0.6) is 0 Å². The first kappa shape index (κ1) is 23.4. The average Bonchev–Trinajstić information content (AvgIpc) is 3.21. The van der Waals surface area contributed by atoms with Gasteiger partial charge in [-0.1, -0.05) is 37.6 Å². The zero-order chi connectivity index (χ0) is 22.7. The molecule has 3 rings (SSSR count). The van der Waals surface area contributed by atoms with Crippen LogP contribution in [0.4, 0.5) is 0 Å². The lowest BCUT2D eigenvalue weighted by Crippen LogP contribution is -2.34. The summed E-state index contributed by atoms with van der Waals surface area (Å²) in [6.07, 6.45) is 0.741. The van der Waals surface area contributed by atoms with Crippen LogP contribution in [0.3, 0.4) is 0 Å². The standard InChI is InChI=1S/C23H28ClN3O3S/c1-5-26(6-2)12-7-13-27-19(16-8-10-17(24)11-9-16)18(21(29)23(27)30)20(28)22-14(3)25-15(4)31-22/h8-11,19,29H,5-7,12-13H2,1-4H3/t19-/m1/s1. The zero-order valence-electron chi connectivity index (χ0n) is 18.3. The summed E-state index contributed by atoms with van der Waals surface area (Å²) < 4.78 is 0. The number of thiazole rings is 1. The summed E-state index contributed by atoms with van der Waals surface area (Å²) in [7, 11) is 0. The third-order valence-electron chi connectivity index (χ3n) is 5.61. The van der Waals surface area contributed by atoms with E-state index in [-0.39, 0.29) is 11.4 Å². The Morgan fingerprint density at radius 2 is 1.87 bits per heavy atom. The van der Waals surface area contributed by atoms with Gasteiger partial charge in [-0.25, -0.2) is 4.98 Å². The summed E-state index contributed by atoms with van der Waals surface area (Å²) in [5.74, 6) is -1.33. The van der Waals surface area contributed by atoms with Crippen molar-refractivity contribution in [3.05, 3.63) is 61.8 Å². The summed E-state index contributed by atoms with van der Waals surface area (Å²) in [5.41, 5.74) is 1.46. The van der Waals surface area contributed by atoms with E-state index in [1.54, 1.807) is 36.1 Å². The van der Waals surface area contributed by atoms with Crippen molar-refractivity contribution in [3.63, 3.8) is 0 Å². The topological polar surface area (TPSA) is 73.7 Å². The van der Waals surface area contributed by atoms with Crippen LogP contribution >= 0.6 is 22.9 Å². The molecule has 8 heteroatoms. The monoisotopic (exact) mass is 461 g/mol. The molecule has 0 radical (unpaired) electrons. The highest BCUT2D eigenvalue weighted by Crippen LogP contribution is 2.40. The third kappa shape index (κ3) is 4.84. The molecule has 0 saturated heterocycles. The van der Waals surface area contributed by atoms with Crippen LogP contribution in [-0.2, 0) is 4.79 Å². The molecule has 0 unspecified atom stereocenters. The highest BCUT2D eigenvalue weighted by Gasteiger charge is 2.44. The van der Waals surface area contributed by atoms with Gasteiger partial charge in [0.1, 0.15) is 0 Å². The molecular formula is C23H28ClN3O3S. The predicted octanol–water partition coefficient (Wildman–Crippen LogP) is 4.72. The number of amides is 1. The molecule has 1 amide bonds. The van der Waals surface area contributed by atoms with Gasteiger partial charge < -0.3 is 14.9 Å². The van der Waals surface area contributed by atoms with Crippen LogP contribution in [-0.4, -0.2) is 57.8 Å². The first-order chi connectivity index (χ1) is 14.8. The second-order valence-corrected chi connectivity index (χ2v) is 9.21. The number of nitrogens with zero attached hydrogens (tertiary/aromatic N) is 3. The molecule has 0 bridgehead atoms. The van der Waals surface area contributed by atoms with Gasteiger partial charge in [0.25, 0.3) is 5.91 Å². The molecule has 1 aromatic heterocycles. The smallest absolute Gasteiger partial charge is 0.290 e. The van der Waals surface area contributed by atoms with E-state index in [1.807, 2.05) is 6.92 Å². The maximum Gasteiger partial charge on any atom is 0.290 e. The molecule has 31 heavy (non-hydrogen) atoms. The highest BCUT2D eigenvalue weighted by molar-refractivity contribution is 7.14. The molecule has 2 heterocycles. The van der Waals surface area contributed by atoms with E-state index in [1.165, 1.54) is 11.3 Å². The van der Waals surface area contributed by atoms with E-state index in [9.17, 15) is 14.7 Å². The van der Waals surface area contributed by atoms with Gasteiger partial charge in [0.15, 0.2) is 5.76 Å². The number of aromatic nitrogens is 1. The molecule has 1 aliphatic rings. The number of rotatable bonds is 9. The van der Waals surface area contributed by atoms with Gasteiger partial charge in [-0.3, -0.25) is 9.59 Å². The van der Waals surface area contributed by atoms with Crippen LogP contribution in [0.1, 0.15) is 52.2 Å². The number of halogens is 1. The Labute approximate surface area is 192 Å². The number of ketones is 1. The van der Waals surface area contributed by atoms with E-state index >= 15 is 0 Å². The second-order valence-electron chi connectivity index (χ2n) is 7.57. The second kappa shape index (κ2) is 9.94. The molecule has 6 nitrogen and oxygen atoms in total. The summed E-state index contributed by atoms with van der Waals surface area (Å²) >= 11 is 7.34. The lowest BCUT2D eigenvalue weighted by Gasteiger charge is -2.28. The summed E-state index contributed by atoms with van der Waals surface area (Å²) in [4.78, 5) is 35.1. The molecule has 166 valence electrons. The summed E-state index contributed by atoms with van der Waals surface area (Å²) in [5, 5.41) is 12.1. The van der Waals surface area contributed by atoms with Gasteiger partial charge in [0.05, 0.1) is 27.2 Å². The molecule has 1 atom stereocenters. The van der Waals surface area contributed by atoms with Gasteiger partial charge >= 0.3 is 0 Å². The Kier molecular flexibility index (Phi) is 7.51. The maximum absolute atomic E-state index is 13.4. The molecule has 1 N–H and O–H groups in total. The van der Waals surface area contributed by atoms with Gasteiger partial charge in [-0.05, 0) is 57.6 Å². The SMILES string of the molecule is CCN(CC)CCCN1C(=O)C(O)=C(C(=O)c2sc(C)nc2C)[C@H]1c1ccc(Cl)cc1. The number of aliphatic hydroxyl groups is 1. The van der Waals surface area contributed by atoms with E-state index < -0.39 is 17.7 Å². The Morgan fingerprint density at radius 1 is 1.23 bits per heavy atom. The largest absolute Gasteiger partial charge is 0.503 e. The Morgan fingerprint density at radius 3 is 2.42 bits per heavy atom. The lowest BCUT2D eigenvalue weighted by molar-refractivity contribution is -0.129. The molecular weight excluding hydrogens is 434 g/mol. The quantitative estimate of drug-likeness (QED) is 0.547.